The number of aromatic hydroxyl groups is 1. The molecule has 1 N–H and O–H groups in total. The molecule has 66 valence electrons. The van der Waals surface area contributed by atoms with E-state index < -0.39 is 12.0 Å². The molecule has 6 heteroatoms. The highest BCUT2D eigenvalue weighted by Crippen LogP contribution is 2.10. The second-order valence-electron chi connectivity index (χ2n) is 1.99. The fraction of sp³-hybridized carbons (Fsp3) is 0.333. The molecule has 0 saturated carbocycles. The normalized spacial score (nSPS) is 9.83. The monoisotopic (exact) mass is 172 g/mol. The summed E-state index contributed by atoms with van der Waals surface area (Å²) in [7, 11) is 2.76. The van der Waals surface area contributed by atoms with Crippen molar-refractivity contribution in [3.05, 3.63) is 12.0 Å². The molecule has 0 aliphatic heterocycles. The lowest BCUT2D eigenvalue weighted by Crippen LogP contribution is -2.24. The van der Waals surface area contributed by atoms with Crippen LogP contribution in [0, 0.1) is 0 Å². The summed E-state index contributed by atoms with van der Waals surface area (Å²) in [6.07, 6.45) is 0.579. The van der Waals surface area contributed by atoms with E-state index >= 15 is 0 Å². The van der Waals surface area contributed by atoms with Crippen molar-refractivity contribution >= 4 is 5.91 Å². The van der Waals surface area contributed by atoms with Crippen LogP contribution in [0.5, 0.6) is 6.08 Å². The van der Waals surface area contributed by atoms with Crippen LogP contribution in [0.25, 0.3) is 0 Å². The molecule has 0 saturated heterocycles. The van der Waals surface area contributed by atoms with Crippen molar-refractivity contribution in [1.29, 1.82) is 0 Å². The Bertz CT molecular complexity index is 283. The average molecular weight is 172 g/mol. The van der Waals surface area contributed by atoms with E-state index in [2.05, 4.69) is 14.2 Å². The summed E-state index contributed by atoms with van der Waals surface area (Å²) in [5, 5.41) is 9.63. The summed E-state index contributed by atoms with van der Waals surface area (Å²) >= 11 is 0. The largest absolute Gasteiger partial charge is 0.466 e. The van der Waals surface area contributed by atoms with Gasteiger partial charge in [-0.25, -0.2) is 5.06 Å². The molecule has 0 radical (unpaired) electrons. The van der Waals surface area contributed by atoms with Crippen LogP contribution in [0.4, 0.5) is 0 Å². The zero-order valence-corrected chi connectivity index (χ0v) is 6.64. The van der Waals surface area contributed by atoms with Crippen LogP contribution in [0.2, 0.25) is 0 Å². The van der Waals surface area contributed by atoms with Crippen LogP contribution in [0.15, 0.2) is 10.6 Å². The molecule has 1 heterocycles. The van der Waals surface area contributed by atoms with Crippen molar-refractivity contribution < 1.29 is 19.2 Å². The number of carbonyl (C=O) groups is 1. The standard InChI is InChI=1S/C6H8N2O4/c1-8(11-2)5(9)4-3-7-6(10)12-4/h3H,1-2H3,(H,7,10). The zero-order valence-electron chi connectivity index (χ0n) is 6.64. The minimum atomic E-state index is -0.539. The Hall–Kier alpha value is -1.56. The number of hydroxylamine groups is 2. The average Bonchev–Trinajstić information content (AvgIpc) is 2.49. The van der Waals surface area contributed by atoms with Gasteiger partial charge < -0.3 is 9.52 Å². The third kappa shape index (κ3) is 1.54. The molecule has 1 aromatic rings. The van der Waals surface area contributed by atoms with Crippen LogP contribution in [-0.4, -0.2) is 35.2 Å². The zero-order chi connectivity index (χ0) is 9.14. The van der Waals surface area contributed by atoms with Gasteiger partial charge in [-0.1, -0.05) is 0 Å². The second-order valence-corrected chi connectivity index (χ2v) is 1.99. The van der Waals surface area contributed by atoms with Crippen LogP contribution in [0.1, 0.15) is 10.6 Å². The van der Waals surface area contributed by atoms with E-state index in [1.165, 1.54) is 14.2 Å². The first kappa shape index (κ1) is 8.54. The fourth-order valence-electron chi connectivity index (χ4n) is 0.602. The van der Waals surface area contributed by atoms with Gasteiger partial charge in [0.25, 0.3) is 0 Å². The Morgan fingerprint density at radius 2 is 2.50 bits per heavy atom. The first-order valence-corrected chi connectivity index (χ1v) is 3.12. The molecular formula is C6H8N2O4. The molecule has 0 fully saturated rings. The maximum absolute atomic E-state index is 11.1. The van der Waals surface area contributed by atoms with E-state index in [0.717, 1.165) is 11.3 Å². The van der Waals surface area contributed by atoms with E-state index in [1.807, 2.05) is 0 Å². The van der Waals surface area contributed by atoms with Gasteiger partial charge in [-0.05, 0) is 0 Å². The summed E-state index contributed by atoms with van der Waals surface area (Å²) in [5.41, 5.74) is 0. The molecule has 6 nitrogen and oxygen atoms in total. The van der Waals surface area contributed by atoms with Crippen molar-refractivity contribution in [2.24, 2.45) is 0 Å². The van der Waals surface area contributed by atoms with Gasteiger partial charge in [0.1, 0.15) is 0 Å². The topological polar surface area (TPSA) is 75.8 Å². The Morgan fingerprint density at radius 1 is 1.83 bits per heavy atom. The molecular weight excluding hydrogens is 164 g/mol. The summed E-state index contributed by atoms with van der Waals surface area (Å²) in [4.78, 5) is 19.1. The molecule has 12 heavy (non-hydrogen) atoms. The molecule has 0 aliphatic rings. The van der Waals surface area contributed by atoms with E-state index in [1.54, 1.807) is 0 Å². The highest BCUT2D eigenvalue weighted by atomic mass is 16.7. The lowest BCUT2D eigenvalue weighted by atomic mass is 10.5. The first-order valence-electron chi connectivity index (χ1n) is 3.12. The molecule has 1 aromatic heterocycles. The highest BCUT2D eigenvalue weighted by Gasteiger charge is 2.16. The number of carbonyl (C=O) groups excluding carboxylic acids is 1. The van der Waals surface area contributed by atoms with Crippen molar-refractivity contribution in [3.8, 4) is 6.08 Å². The van der Waals surface area contributed by atoms with Crippen molar-refractivity contribution in [1.82, 2.24) is 10.0 Å². The molecule has 1 amide bonds. The van der Waals surface area contributed by atoms with Gasteiger partial charge in [0, 0.05) is 7.05 Å². The van der Waals surface area contributed by atoms with E-state index in [-0.39, 0.29) is 5.76 Å². The lowest BCUT2D eigenvalue weighted by Gasteiger charge is -2.10. The fourth-order valence-corrected chi connectivity index (χ4v) is 0.602. The maximum atomic E-state index is 11.1. The number of hydrogen-bond donors (Lipinski definition) is 1. The first-order chi connectivity index (χ1) is 5.65. The van der Waals surface area contributed by atoms with Gasteiger partial charge in [-0.3, -0.25) is 9.63 Å². The second kappa shape index (κ2) is 3.22. The maximum Gasteiger partial charge on any atom is 0.391 e. The van der Waals surface area contributed by atoms with Crippen LogP contribution < -0.4 is 0 Å². The van der Waals surface area contributed by atoms with Crippen LogP contribution >= 0.6 is 0 Å². The number of oxazole rings is 1. The Kier molecular flexibility index (Phi) is 2.29. The van der Waals surface area contributed by atoms with E-state index in [9.17, 15) is 4.79 Å². The third-order valence-electron chi connectivity index (χ3n) is 1.26. The molecule has 0 aromatic carbocycles. The summed E-state index contributed by atoms with van der Waals surface area (Å²) < 4.78 is 4.54. The SMILES string of the molecule is CON(C)C(=O)c1cnc(O)o1. The Labute approximate surface area is 68.3 Å². The Morgan fingerprint density at radius 3 is 2.92 bits per heavy atom. The molecule has 0 aliphatic carbocycles. The molecule has 0 unspecified atom stereocenters. The highest BCUT2D eigenvalue weighted by molar-refractivity contribution is 5.90. The van der Waals surface area contributed by atoms with Gasteiger partial charge in [0.15, 0.2) is 0 Å². The van der Waals surface area contributed by atoms with Crippen LogP contribution in [-0.2, 0) is 4.84 Å². The lowest BCUT2D eigenvalue weighted by molar-refractivity contribution is -0.0774. The number of rotatable bonds is 2. The van der Waals surface area contributed by atoms with Gasteiger partial charge >= 0.3 is 12.0 Å². The van der Waals surface area contributed by atoms with E-state index in [0.29, 0.717) is 0 Å². The van der Waals surface area contributed by atoms with Crippen molar-refractivity contribution in [3.63, 3.8) is 0 Å². The number of aromatic nitrogens is 1. The molecule has 0 spiro atoms. The number of amides is 1. The van der Waals surface area contributed by atoms with Gasteiger partial charge in [0.05, 0.1) is 13.3 Å². The van der Waals surface area contributed by atoms with Gasteiger partial charge in [0.2, 0.25) is 5.76 Å². The smallest absolute Gasteiger partial charge is 0.391 e. The Balaban J connectivity index is 2.78. The van der Waals surface area contributed by atoms with E-state index in [4.69, 9.17) is 5.11 Å². The quantitative estimate of drug-likeness (QED) is 0.636. The van der Waals surface area contributed by atoms with Gasteiger partial charge in [-0.15, -0.1) is 0 Å². The summed E-state index contributed by atoms with van der Waals surface area (Å²) in [5.74, 6) is -0.581. The molecule has 0 atom stereocenters. The number of hydrogen-bond acceptors (Lipinski definition) is 5. The summed E-state index contributed by atoms with van der Waals surface area (Å²) in [6.45, 7) is 0. The van der Waals surface area contributed by atoms with Crippen molar-refractivity contribution in [2.75, 3.05) is 14.2 Å². The minimum absolute atomic E-state index is 0.0724. The third-order valence-corrected chi connectivity index (χ3v) is 1.26. The predicted octanol–water partition coefficient (Wildman–Crippen LogP) is 0.0136. The van der Waals surface area contributed by atoms with Crippen molar-refractivity contribution in [2.45, 2.75) is 0 Å². The molecule has 1 rings (SSSR count). The minimum Gasteiger partial charge on any atom is -0.466 e. The number of nitrogens with zero attached hydrogens (tertiary/aromatic N) is 2. The molecule has 0 bridgehead atoms. The van der Waals surface area contributed by atoms with Crippen LogP contribution in [0.3, 0.4) is 0 Å². The summed E-state index contributed by atoms with van der Waals surface area (Å²) in [6, 6.07) is 0. The predicted molar refractivity (Wildman–Crippen MR) is 37.3 cm³/mol. The van der Waals surface area contributed by atoms with Gasteiger partial charge in [-0.2, -0.15) is 4.98 Å².